The van der Waals surface area contributed by atoms with Gasteiger partial charge in [-0.2, -0.15) is 11.8 Å². The van der Waals surface area contributed by atoms with Gasteiger partial charge in [-0.1, -0.05) is 22.9 Å². The van der Waals surface area contributed by atoms with E-state index in [2.05, 4.69) is 65.1 Å². The van der Waals surface area contributed by atoms with Crippen molar-refractivity contribution in [3.05, 3.63) is 28.2 Å². The molecule has 1 heterocycles. The lowest BCUT2D eigenvalue weighted by Crippen LogP contribution is -2.18. The number of anilines is 1. The highest BCUT2D eigenvalue weighted by Crippen LogP contribution is 2.29. The summed E-state index contributed by atoms with van der Waals surface area (Å²) in [5.74, 6) is 1.23. The van der Waals surface area contributed by atoms with Gasteiger partial charge in [0.25, 0.3) is 0 Å². The summed E-state index contributed by atoms with van der Waals surface area (Å²) in [7, 11) is 0. The van der Waals surface area contributed by atoms with Gasteiger partial charge in [0.1, 0.15) is 0 Å². The Morgan fingerprint density at radius 1 is 1.40 bits per heavy atom. The molecule has 82 valence electrons. The van der Waals surface area contributed by atoms with Crippen molar-refractivity contribution in [3.8, 4) is 0 Å². The quantitative estimate of drug-likeness (QED) is 0.879. The van der Waals surface area contributed by atoms with E-state index in [0.717, 1.165) is 9.72 Å². The molecule has 1 aliphatic rings. The average molecular weight is 286 g/mol. The zero-order valence-corrected chi connectivity index (χ0v) is 11.5. The lowest BCUT2D eigenvalue weighted by Gasteiger charge is -2.14. The van der Waals surface area contributed by atoms with Crippen molar-refractivity contribution in [1.29, 1.82) is 0 Å². The van der Waals surface area contributed by atoms with Crippen LogP contribution in [0.3, 0.4) is 0 Å². The van der Waals surface area contributed by atoms with Crippen LogP contribution in [0.25, 0.3) is 0 Å². The van der Waals surface area contributed by atoms with E-state index in [9.17, 15) is 0 Å². The molecule has 0 aromatic heterocycles. The van der Waals surface area contributed by atoms with Crippen LogP contribution in [0.2, 0.25) is 0 Å². The van der Waals surface area contributed by atoms with Crippen LogP contribution in [0.5, 0.6) is 0 Å². The van der Waals surface area contributed by atoms with Crippen molar-refractivity contribution in [1.82, 2.24) is 0 Å². The molecule has 15 heavy (non-hydrogen) atoms. The van der Waals surface area contributed by atoms with Gasteiger partial charge in [-0.15, -0.1) is 0 Å². The minimum Gasteiger partial charge on any atom is -0.381 e. The van der Waals surface area contributed by atoms with E-state index in [1.807, 2.05) is 0 Å². The second-order valence-corrected chi connectivity index (χ2v) is 6.63. The summed E-state index contributed by atoms with van der Waals surface area (Å²) in [5.41, 5.74) is 2.53. The smallest absolute Gasteiger partial charge is 0.0362 e. The fraction of sp³-hybridized carbons (Fsp3) is 0.500. The van der Waals surface area contributed by atoms with Crippen molar-refractivity contribution >= 4 is 33.4 Å². The van der Waals surface area contributed by atoms with Crippen LogP contribution < -0.4 is 5.32 Å². The Morgan fingerprint density at radius 3 is 2.80 bits per heavy atom. The molecule has 3 heteroatoms. The van der Waals surface area contributed by atoms with Crippen LogP contribution in [-0.2, 0) is 0 Å². The summed E-state index contributed by atoms with van der Waals surface area (Å²) in [4.78, 5) is 0. The normalized spacial score (nSPS) is 25.5. The highest BCUT2D eigenvalue weighted by atomic mass is 79.9. The predicted molar refractivity (Wildman–Crippen MR) is 72.8 cm³/mol. The standard InChI is InChI=1S/C12H16BrNS/c1-8-3-10(13)6-11(4-8)14-12-5-9(2)15-7-12/h3-4,6,9,12,14H,5,7H2,1-2H3. The first-order chi connectivity index (χ1) is 7.13. The van der Waals surface area contributed by atoms with Crippen LogP contribution in [-0.4, -0.2) is 17.0 Å². The molecule has 0 bridgehead atoms. The fourth-order valence-electron chi connectivity index (χ4n) is 1.97. The van der Waals surface area contributed by atoms with Gasteiger partial charge in [-0.3, -0.25) is 0 Å². The monoisotopic (exact) mass is 285 g/mol. The minimum atomic E-state index is 0.638. The van der Waals surface area contributed by atoms with E-state index in [1.54, 1.807) is 0 Å². The zero-order valence-electron chi connectivity index (χ0n) is 9.09. The first-order valence-corrected chi connectivity index (χ1v) is 7.13. The zero-order chi connectivity index (χ0) is 10.8. The summed E-state index contributed by atoms with van der Waals surface area (Å²) in [6.45, 7) is 4.43. The summed E-state index contributed by atoms with van der Waals surface area (Å²) in [6.07, 6.45) is 1.27. The second kappa shape index (κ2) is 4.79. The lowest BCUT2D eigenvalue weighted by molar-refractivity contribution is 0.747. The Kier molecular flexibility index (Phi) is 3.62. The van der Waals surface area contributed by atoms with E-state index in [-0.39, 0.29) is 0 Å². The van der Waals surface area contributed by atoms with E-state index in [4.69, 9.17) is 0 Å². The van der Waals surface area contributed by atoms with Gasteiger partial charge in [-0.05, 0) is 37.1 Å². The molecule has 2 atom stereocenters. The van der Waals surface area contributed by atoms with Gasteiger partial charge in [0.2, 0.25) is 0 Å². The number of nitrogens with one attached hydrogen (secondary N) is 1. The number of hydrogen-bond donors (Lipinski definition) is 1. The van der Waals surface area contributed by atoms with Crippen molar-refractivity contribution < 1.29 is 0 Å². The van der Waals surface area contributed by atoms with Crippen LogP contribution in [0.15, 0.2) is 22.7 Å². The molecule has 0 amide bonds. The van der Waals surface area contributed by atoms with E-state index >= 15 is 0 Å². The topological polar surface area (TPSA) is 12.0 Å². The van der Waals surface area contributed by atoms with Crippen molar-refractivity contribution in [2.45, 2.75) is 31.6 Å². The molecule has 1 aliphatic heterocycles. The molecule has 1 saturated heterocycles. The van der Waals surface area contributed by atoms with Gasteiger partial charge in [0.05, 0.1) is 0 Å². The molecular formula is C12H16BrNS. The molecule has 1 N–H and O–H groups in total. The van der Waals surface area contributed by atoms with Crippen LogP contribution in [0.4, 0.5) is 5.69 Å². The summed E-state index contributed by atoms with van der Waals surface area (Å²) in [5, 5.41) is 4.40. The van der Waals surface area contributed by atoms with Crippen molar-refractivity contribution in [2.75, 3.05) is 11.1 Å². The summed E-state index contributed by atoms with van der Waals surface area (Å²) >= 11 is 5.59. The first kappa shape index (κ1) is 11.3. The van der Waals surface area contributed by atoms with Gasteiger partial charge in [-0.25, -0.2) is 0 Å². The van der Waals surface area contributed by atoms with E-state index in [1.165, 1.54) is 23.4 Å². The Balaban J connectivity index is 2.04. The molecule has 2 rings (SSSR count). The van der Waals surface area contributed by atoms with Gasteiger partial charge < -0.3 is 5.32 Å². The number of benzene rings is 1. The molecule has 0 spiro atoms. The maximum atomic E-state index is 3.60. The number of rotatable bonds is 2. The Bertz CT molecular complexity index is 333. The molecule has 0 saturated carbocycles. The largest absolute Gasteiger partial charge is 0.381 e. The third kappa shape index (κ3) is 3.15. The Hall–Kier alpha value is -0.150. The number of hydrogen-bond acceptors (Lipinski definition) is 2. The number of thioether (sulfide) groups is 1. The van der Waals surface area contributed by atoms with Crippen LogP contribution in [0.1, 0.15) is 18.9 Å². The number of aryl methyl sites for hydroxylation is 1. The number of halogens is 1. The lowest BCUT2D eigenvalue weighted by atomic mass is 10.1. The SMILES string of the molecule is Cc1cc(Br)cc(NC2CSC(C)C2)c1. The van der Waals surface area contributed by atoms with E-state index in [0.29, 0.717) is 6.04 Å². The fourth-order valence-corrected chi connectivity index (χ4v) is 3.73. The molecule has 1 aromatic carbocycles. The molecule has 0 radical (unpaired) electrons. The average Bonchev–Trinajstić information content (AvgIpc) is 2.49. The van der Waals surface area contributed by atoms with Crippen LogP contribution >= 0.6 is 27.7 Å². The van der Waals surface area contributed by atoms with Gasteiger partial charge in [0, 0.05) is 27.2 Å². The van der Waals surface area contributed by atoms with Gasteiger partial charge >= 0.3 is 0 Å². The Labute approximate surface area is 104 Å². The Morgan fingerprint density at radius 2 is 2.20 bits per heavy atom. The van der Waals surface area contributed by atoms with E-state index < -0.39 is 0 Å². The molecular weight excluding hydrogens is 270 g/mol. The predicted octanol–water partition coefficient (Wildman–Crippen LogP) is 4.06. The maximum absolute atomic E-state index is 3.60. The molecule has 1 fully saturated rings. The third-order valence-electron chi connectivity index (χ3n) is 2.61. The van der Waals surface area contributed by atoms with Crippen molar-refractivity contribution in [3.63, 3.8) is 0 Å². The van der Waals surface area contributed by atoms with Crippen LogP contribution in [0, 0.1) is 6.92 Å². The third-order valence-corrected chi connectivity index (χ3v) is 4.43. The van der Waals surface area contributed by atoms with Gasteiger partial charge in [0.15, 0.2) is 0 Å². The minimum absolute atomic E-state index is 0.638. The second-order valence-electron chi connectivity index (χ2n) is 4.24. The molecule has 2 unspecified atom stereocenters. The molecule has 1 nitrogen and oxygen atoms in total. The highest BCUT2D eigenvalue weighted by molar-refractivity contribution is 9.10. The first-order valence-electron chi connectivity index (χ1n) is 5.29. The van der Waals surface area contributed by atoms with Crippen molar-refractivity contribution in [2.24, 2.45) is 0 Å². The molecule has 0 aliphatic carbocycles. The molecule has 1 aromatic rings. The maximum Gasteiger partial charge on any atom is 0.0362 e. The highest BCUT2D eigenvalue weighted by Gasteiger charge is 2.21. The summed E-state index contributed by atoms with van der Waals surface area (Å²) in [6, 6.07) is 7.13. The summed E-state index contributed by atoms with van der Waals surface area (Å²) < 4.78 is 1.16.